The molecule has 1 aromatic rings. The lowest BCUT2D eigenvalue weighted by Gasteiger charge is -2.33. The van der Waals surface area contributed by atoms with Gasteiger partial charge in [0.25, 0.3) is 0 Å². The zero-order chi connectivity index (χ0) is 12.1. The first kappa shape index (κ1) is 12.4. The number of anilines is 1. The monoisotopic (exact) mass is 233 g/mol. The van der Waals surface area contributed by atoms with E-state index in [1.165, 1.54) is 11.3 Å². The molecule has 3 nitrogen and oxygen atoms in total. The lowest BCUT2D eigenvalue weighted by Crippen LogP contribution is -2.49. The van der Waals surface area contributed by atoms with Crippen LogP contribution in [-0.4, -0.2) is 43.7 Å². The third kappa shape index (κ3) is 3.72. The van der Waals surface area contributed by atoms with Crippen molar-refractivity contribution in [2.75, 3.05) is 38.0 Å². The first-order valence-corrected chi connectivity index (χ1v) is 6.51. The summed E-state index contributed by atoms with van der Waals surface area (Å²) in [6.07, 6.45) is 0. The van der Waals surface area contributed by atoms with E-state index in [0.29, 0.717) is 6.04 Å². The second kappa shape index (κ2) is 6.03. The van der Waals surface area contributed by atoms with Crippen LogP contribution in [0.15, 0.2) is 24.3 Å². The Hall–Kier alpha value is -1.06. The fourth-order valence-electron chi connectivity index (χ4n) is 2.27. The molecule has 1 atom stereocenters. The largest absolute Gasteiger partial charge is 0.383 e. The summed E-state index contributed by atoms with van der Waals surface area (Å²) in [4.78, 5) is 2.54. The summed E-state index contributed by atoms with van der Waals surface area (Å²) >= 11 is 0. The van der Waals surface area contributed by atoms with Crippen LogP contribution in [0.4, 0.5) is 5.69 Å². The molecule has 0 spiro atoms. The summed E-state index contributed by atoms with van der Waals surface area (Å²) in [5.74, 6) is 0. The highest BCUT2D eigenvalue weighted by molar-refractivity contribution is 5.45. The van der Waals surface area contributed by atoms with Gasteiger partial charge in [0.15, 0.2) is 0 Å². The van der Waals surface area contributed by atoms with E-state index < -0.39 is 0 Å². The maximum Gasteiger partial charge on any atom is 0.0343 e. The Bertz CT molecular complexity index is 345. The Morgan fingerprint density at radius 1 is 1.35 bits per heavy atom. The maximum absolute atomic E-state index is 3.52. The molecule has 1 aromatic carbocycles. The third-order valence-corrected chi connectivity index (χ3v) is 3.39. The fraction of sp³-hybridized carbons (Fsp3) is 0.571. The zero-order valence-electron chi connectivity index (χ0n) is 10.9. The SMILES string of the molecule is Cc1cccc(NCC(C)N2CCNCC2)c1. The van der Waals surface area contributed by atoms with E-state index in [0.717, 1.165) is 32.7 Å². The average Bonchev–Trinajstić information content (AvgIpc) is 2.37. The molecular weight excluding hydrogens is 210 g/mol. The van der Waals surface area contributed by atoms with Crippen LogP contribution in [0.1, 0.15) is 12.5 Å². The first-order valence-electron chi connectivity index (χ1n) is 6.51. The van der Waals surface area contributed by atoms with Crippen molar-refractivity contribution in [2.24, 2.45) is 0 Å². The highest BCUT2D eigenvalue weighted by Crippen LogP contribution is 2.10. The normalized spacial score (nSPS) is 18.9. The Labute approximate surface area is 104 Å². The molecule has 0 saturated carbocycles. The Morgan fingerprint density at radius 3 is 2.82 bits per heavy atom. The smallest absolute Gasteiger partial charge is 0.0343 e. The van der Waals surface area contributed by atoms with Gasteiger partial charge in [-0.15, -0.1) is 0 Å². The average molecular weight is 233 g/mol. The molecule has 2 N–H and O–H groups in total. The standard InChI is InChI=1S/C14H23N3/c1-12-4-3-5-14(10-12)16-11-13(2)17-8-6-15-7-9-17/h3-5,10,13,15-16H,6-9,11H2,1-2H3. The molecule has 1 aliphatic rings. The van der Waals surface area contributed by atoms with E-state index in [1.54, 1.807) is 0 Å². The van der Waals surface area contributed by atoms with Crippen molar-refractivity contribution in [1.29, 1.82) is 0 Å². The molecule has 3 heteroatoms. The topological polar surface area (TPSA) is 27.3 Å². The Kier molecular flexibility index (Phi) is 4.40. The molecule has 1 unspecified atom stereocenters. The minimum atomic E-state index is 0.595. The second-order valence-electron chi connectivity index (χ2n) is 4.89. The number of nitrogens with one attached hydrogen (secondary N) is 2. The van der Waals surface area contributed by atoms with Crippen molar-refractivity contribution in [3.05, 3.63) is 29.8 Å². The lowest BCUT2D eigenvalue weighted by atomic mass is 10.2. The van der Waals surface area contributed by atoms with Crippen LogP contribution in [0, 0.1) is 6.92 Å². The van der Waals surface area contributed by atoms with Crippen molar-refractivity contribution in [3.8, 4) is 0 Å². The van der Waals surface area contributed by atoms with E-state index in [1.807, 2.05) is 0 Å². The zero-order valence-corrected chi connectivity index (χ0v) is 10.9. The van der Waals surface area contributed by atoms with Crippen molar-refractivity contribution in [1.82, 2.24) is 10.2 Å². The Morgan fingerprint density at radius 2 is 2.12 bits per heavy atom. The highest BCUT2D eigenvalue weighted by Gasteiger charge is 2.15. The summed E-state index contributed by atoms with van der Waals surface area (Å²) in [6.45, 7) is 10.0. The summed E-state index contributed by atoms with van der Waals surface area (Å²) in [5, 5.41) is 6.91. The summed E-state index contributed by atoms with van der Waals surface area (Å²) in [7, 11) is 0. The molecule has 0 radical (unpaired) electrons. The van der Waals surface area contributed by atoms with Gasteiger partial charge < -0.3 is 10.6 Å². The van der Waals surface area contributed by atoms with Crippen LogP contribution in [0.3, 0.4) is 0 Å². The highest BCUT2D eigenvalue weighted by atomic mass is 15.2. The fourth-order valence-corrected chi connectivity index (χ4v) is 2.27. The van der Waals surface area contributed by atoms with Gasteiger partial charge in [-0.1, -0.05) is 12.1 Å². The van der Waals surface area contributed by atoms with Gasteiger partial charge in [0.1, 0.15) is 0 Å². The quantitative estimate of drug-likeness (QED) is 0.829. The van der Waals surface area contributed by atoms with Gasteiger partial charge in [0.05, 0.1) is 0 Å². The number of benzene rings is 1. The molecular formula is C14H23N3. The van der Waals surface area contributed by atoms with Gasteiger partial charge >= 0.3 is 0 Å². The van der Waals surface area contributed by atoms with E-state index in [9.17, 15) is 0 Å². The molecule has 1 saturated heterocycles. The van der Waals surface area contributed by atoms with Gasteiger partial charge in [-0.05, 0) is 31.5 Å². The summed E-state index contributed by atoms with van der Waals surface area (Å²) < 4.78 is 0. The molecule has 2 rings (SSSR count). The van der Waals surface area contributed by atoms with Gasteiger partial charge in [-0.2, -0.15) is 0 Å². The van der Waals surface area contributed by atoms with E-state index >= 15 is 0 Å². The van der Waals surface area contributed by atoms with Crippen molar-refractivity contribution >= 4 is 5.69 Å². The van der Waals surface area contributed by atoms with Crippen LogP contribution in [0.25, 0.3) is 0 Å². The van der Waals surface area contributed by atoms with Gasteiger partial charge in [0.2, 0.25) is 0 Å². The minimum absolute atomic E-state index is 0.595. The first-order chi connectivity index (χ1) is 8.25. The van der Waals surface area contributed by atoms with Gasteiger partial charge in [-0.25, -0.2) is 0 Å². The predicted octanol–water partition coefficient (Wildman–Crippen LogP) is 1.70. The summed E-state index contributed by atoms with van der Waals surface area (Å²) in [6, 6.07) is 9.16. The van der Waals surface area contributed by atoms with Crippen molar-refractivity contribution < 1.29 is 0 Å². The molecule has 1 aliphatic heterocycles. The molecule has 17 heavy (non-hydrogen) atoms. The molecule has 1 fully saturated rings. The lowest BCUT2D eigenvalue weighted by molar-refractivity contribution is 0.191. The van der Waals surface area contributed by atoms with E-state index in [2.05, 4.69) is 53.6 Å². The molecule has 0 aliphatic carbocycles. The van der Waals surface area contributed by atoms with Crippen LogP contribution in [-0.2, 0) is 0 Å². The number of rotatable bonds is 4. The molecule has 94 valence electrons. The van der Waals surface area contributed by atoms with E-state index in [4.69, 9.17) is 0 Å². The molecule has 1 heterocycles. The number of piperazine rings is 1. The van der Waals surface area contributed by atoms with Crippen LogP contribution in [0.5, 0.6) is 0 Å². The Balaban J connectivity index is 1.80. The second-order valence-corrected chi connectivity index (χ2v) is 4.89. The van der Waals surface area contributed by atoms with Crippen molar-refractivity contribution in [2.45, 2.75) is 19.9 Å². The van der Waals surface area contributed by atoms with Crippen molar-refractivity contribution in [3.63, 3.8) is 0 Å². The molecule has 0 amide bonds. The number of hydrogen-bond acceptors (Lipinski definition) is 3. The number of hydrogen-bond donors (Lipinski definition) is 2. The van der Waals surface area contributed by atoms with Gasteiger partial charge in [0, 0.05) is 44.5 Å². The van der Waals surface area contributed by atoms with Crippen LogP contribution in [0.2, 0.25) is 0 Å². The van der Waals surface area contributed by atoms with Crippen LogP contribution < -0.4 is 10.6 Å². The van der Waals surface area contributed by atoms with E-state index in [-0.39, 0.29) is 0 Å². The number of aryl methyl sites for hydroxylation is 1. The van der Waals surface area contributed by atoms with Gasteiger partial charge in [-0.3, -0.25) is 4.90 Å². The maximum atomic E-state index is 3.52. The molecule has 0 aromatic heterocycles. The van der Waals surface area contributed by atoms with Crippen LogP contribution >= 0.6 is 0 Å². The summed E-state index contributed by atoms with van der Waals surface area (Å²) in [5.41, 5.74) is 2.54. The number of nitrogens with zero attached hydrogens (tertiary/aromatic N) is 1. The molecule has 0 bridgehead atoms. The minimum Gasteiger partial charge on any atom is -0.383 e. The predicted molar refractivity (Wildman–Crippen MR) is 73.6 cm³/mol. The third-order valence-electron chi connectivity index (χ3n) is 3.39.